The molecule has 0 amide bonds. The van der Waals surface area contributed by atoms with E-state index in [0.29, 0.717) is 0 Å². The summed E-state index contributed by atoms with van der Waals surface area (Å²) in [6.45, 7) is 0. The molecule has 2 heterocycles. The molecule has 2 aromatic heterocycles. The van der Waals surface area contributed by atoms with Crippen molar-refractivity contribution in [1.29, 1.82) is 0 Å². The van der Waals surface area contributed by atoms with Gasteiger partial charge in [-0.05, 0) is 143 Å². The highest BCUT2D eigenvalue weighted by molar-refractivity contribution is 6.12. The van der Waals surface area contributed by atoms with Crippen molar-refractivity contribution in [1.82, 2.24) is 14.8 Å². The topological polar surface area (TPSA) is 43.9 Å². The van der Waals surface area contributed by atoms with Crippen LogP contribution in [0.1, 0.15) is 44.5 Å². The van der Waals surface area contributed by atoms with Gasteiger partial charge in [-0.2, -0.15) is 0 Å². The fraction of sp³-hybridized carbons (Fsp3) is 0.0244. The first-order valence-corrected chi connectivity index (χ1v) is 29.5. The molecule has 86 heavy (non-hydrogen) atoms. The first-order valence-electron chi connectivity index (χ1n) is 29.5. The van der Waals surface area contributed by atoms with Gasteiger partial charge < -0.3 is 4.42 Å². The van der Waals surface area contributed by atoms with E-state index in [1.807, 2.05) is 24.3 Å². The van der Waals surface area contributed by atoms with Crippen LogP contribution in [0.2, 0.25) is 0 Å². The fourth-order valence-corrected chi connectivity index (χ4v) is 14.6. The van der Waals surface area contributed by atoms with Crippen molar-refractivity contribution in [3.63, 3.8) is 0 Å². The van der Waals surface area contributed by atoms with Crippen molar-refractivity contribution in [2.45, 2.75) is 10.8 Å². The van der Waals surface area contributed by atoms with Gasteiger partial charge in [-0.1, -0.05) is 273 Å². The van der Waals surface area contributed by atoms with Crippen LogP contribution in [0.5, 0.6) is 0 Å². The van der Waals surface area contributed by atoms with Gasteiger partial charge in [0.2, 0.25) is 0 Å². The third-order valence-electron chi connectivity index (χ3n) is 18.3. The molecule has 0 N–H and O–H groups in total. The van der Waals surface area contributed by atoms with Crippen molar-refractivity contribution in [3.8, 4) is 84.1 Å². The summed E-state index contributed by atoms with van der Waals surface area (Å²) in [6, 6.07) is 117. The Morgan fingerprint density at radius 3 is 1.14 bits per heavy atom. The molecule has 0 unspecified atom stereocenters. The second-order valence-electron chi connectivity index (χ2n) is 22.8. The number of rotatable bonds is 10. The lowest BCUT2D eigenvalue weighted by molar-refractivity contribution is 0.670. The van der Waals surface area contributed by atoms with Gasteiger partial charge >= 0.3 is 0 Å². The van der Waals surface area contributed by atoms with Gasteiger partial charge in [0.15, 0.2) is 11.6 Å². The number of fused-ring (bicyclic) bond motifs is 9. The highest BCUT2D eigenvalue weighted by atomic mass is 16.3. The SMILES string of the molecule is c1ccc(-c2nnc(-c3ccc(-c4cc(-c5ccc6c(c5)C(c5ccccc5)(c5ccccc5)c5ccccc5-6)cc5c4oc4ccc(-c6ccc7c(c6)C(c6ccccc6)(c6ccccc6)c6ccccc6-7)cc45)cc3)n2-c2ccccc2)cc1. The smallest absolute Gasteiger partial charge is 0.168 e. The minimum atomic E-state index is -0.555. The molecular weight excluding hydrogens is 1040 g/mol. The lowest BCUT2D eigenvalue weighted by atomic mass is 9.67. The number of furan rings is 1. The molecule has 0 atom stereocenters. The largest absolute Gasteiger partial charge is 0.455 e. The molecule has 0 saturated carbocycles. The highest BCUT2D eigenvalue weighted by Crippen LogP contribution is 2.59. The van der Waals surface area contributed by atoms with Crippen molar-refractivity contribution >= 4 is 21.9 Å². The van der Waals surface area contributed by atoms with Crippen molar-refractivity contribution < 1.29 is 4.42 Å². The van der Waals surface area contributed by atoms with Crippen molar-refractivity contribution in [2.24, 2.45) is 0 Å². The minimum absolute atomic E-state index is 0.520. The van der Waals surface area contributed by atoms with Crippen molar-refractivity contribution in [2.75, 3.05) is 0 Å². The number of hydrogen-bond acceptors (Lipinski definition) is 3. The lowest BCUT2D eigenvalue weighted by Gasteiger charge is -2.34. The molecule has 0 aliphatic heterocycles. The standard InChI is InChI=1S/C82H53N3O/c1-7-23-55(24-8-1)79-83-84-80(85(79)65-33-17-6-18-34-65)56-41-39-54(40-42-56)70-50-60(59-44-47-69-67-36-20-22-38-74(67)82(76(69)53-59,63-29-13-4-14-30-63)64-31-15-5-16-32-64)51-72-71-49-57(45-48-77(71)86-78(70)72)58-43-46-68-66-35-19-21-37-73(66)81(75(68)52-58,61-25-9-2-10-26-61)62-27-11-3-12-28-62/h1-53H. The molecule has 0 spiro atoms. The second-order valence-corrected chi connectivity index (χ2v) is 22.8. The van der Waals surface area contributed by atoms with E-state index in [4.69, 9.17) is 14.6 Å². The van der Waals surface area contributed by atoms with Crippen LogP contribution in [0.15, 0.2) is 326 Å². The van der Waals surface area contributed by atoms with Crippen LogP contribution in [0, 0.1) is 0 Å². The molecule has 4 heteroatoms. The van der Waals surface area contributed by atoms with E-state index in [1.54, 1.807) is 0 Å². The number of para-hydroxylation sites is 1. The van der Waals surface area contributed by atoms with Gasteiger partial charge in [0.1, 0.15) is 11.2 Å². The summed E-state index contributed by atoms with van der Waals surface area (Å²) in [5.41, 5.74) is 25.1. The average Bonchev–Trinajstić information content (AvgIpc) is 1.57. The molecule has 2 aliphatic carbocycles. The van der Waals surface area contributed by atoms with E-state index < -0.39 is 10.8 Å². The summed E-state index contributed by atoms with van der Waals surface area (Å²) in [6.07, 6.45) is 0. The van der Waals surface area contributed by atoms with E-state index in [-0.39, 0.29) is 0 Å². The summed E-state index contributed by atoms with van der Waals surface area (Å²) >= 11 is 0. The Kier molecular flexibility index (Phi) is 11.3. The monoisotopic (exact) mass is 1100 g/mol. The van der Waals surface area contributed by atoms with Crippen LogP contribution in [-0.2, 0) is 10.8 Å². The van der Waals surface area contributed by atoms with Gasteiger partial charge in [0.05, 0.1) is 10.8 Å². The number of hydrogen-bond donors (Lipinski definition) is 0. The van der Waals surface area contributed by atoms with Crippen molar-refractivity contribution in [3.05, 3.63) is 366 Å². The first-order chi connectivity index (χ1) is 42.6. The van der Waals surface area contributed by atoms with Crippen LogP contribution >= 0.6 is 0 Å². The molecule has 0 radical (unpaired) electrons. The quantitative estimate of drug-likeness (QED) is 0.137. The van der Waals surface area contributed by atoms with Gasteiger partial charge in [0.25, 0.3) is 0 Å². The Bertz CT molecular complexity index is 4990. The Labute approximate surface area is 499 Å². The Balaban J connectivity index is 0.868. The maximum Gasteiger partial charge on any atom is 0.168 e. The van der Waals surface area contributed by atoms with E-state index in [1.165, 1.54) is 66.8 Å². The Morgan fingerprint density at radius 2 is 0.628 bits per heavy atom. The number of aromatic nitrogens is 3. The highest BCUT2D eigenvalue weighted by Gasteiger charge is 2.47. The fourth-order valence-electron chi connectivity index (χ4n) is 14.6. The van der Waals surface area contributed by atoms with Crippen LogP contribution in [-0.4, -0.2) is 14.8 Å². The molecule has 15 aromatic rings. The zero-order valence-electron chi connectivity index (χ0n) is 46.8. The first kappa shape index (κ1) is 49.4. The predicted octanol–water partition coefficient (Wildman–Crippen LogP) is 20.2. The Morgan fingerprint density at radius 1 is 0.256 bits per heavy atom. The van der Waals surface area contributed by atoms with E-state index in [2.05, 4.69) is 302 Å². The molecule has 402 valence electrons. The second kappa shape index (κ2) is 19.7. The summed E-state index contributed by atoms with van der Waals surface area (Å²) in [5, 5.41) is 11.8. The normalized spacial score (nSPS) is 13.3. The molecule has 2 aliphatic rings. The Hall–Kier alpha value is -11.2. The van der Waals surface area contributed by atoms with Crippen LogP contribution in [0.4, 0.5) is 0 Å². The molecular formula is C82H53N3O. The zero-order valence-corrected chi connectivity index (χ0v) is 46.8. The van der Waals surface area contributed by atoms with Gasteiger partial charge in [0, 0.05) is 33.2 Å². The summed E-state index contributed by atoms with van der Waals surface area (Å²) in [4.78, 5) is 0. The van der Waals surface area contributed by atoms with Crippen LogP contribution < -0.4 is 0 Å². The van der Waals surface area contributed by atoms with Gasteiger partial charge in [-0.15, -0.1) is 10.2 Å². The van der Waals surface area contributed by atoms with E-state index in [0.717, 1.165) is 83.8 Å². The third-order valence-corrected chi connectivity index (χ3v) is 18.3. The maximum atomic E-state index is 7.17. The van der Waals surface area contributed by atoms with E-state index in [9.17, 15) is 0 Å². The number of benzene rings is 13. The minimum Gasteiger partial charge on any atom is -0.455 e. The zero-order chi connectivity index (χ0) is 56.8. The van der Waals surface area contributed by atoms with E-state index >= 15 is 0 Å². The third kappa shape index (κ3) is 7.43. The molecule has 4 nitrogen and oxygen atoms in total. The molecule has 17 rings (SSSR count). The number of nitrogens with zero attached hydrogens (tertiary/aromatic N) is 3. The molecule has 0 bridgehead atoms. The predicted molar refractivity (Wildman–Crippen MR) is 350 cm³/mol. The summed E-state index contributed by atoms with van der Waals surface area (Å²) in [5.74, 6) is 1.54. The molecule has 0 fully saturated rings. The summed E-state index contributed by atoms with van der Waals surface area (Å²) < 4.78 is 9.32. The van der Waals surface area contributed by atoms with Crippen LogP contribution in [0.3, 0.4) is 0 Å². The average molecular weight is 1100 g/mol. The molecule has 0 saturated heterocycles. The lowest BCUT2D eigenvalue weighted by Crippen LogP contribution is -2.28. The van der Waals surface area contributed by atoms with Crippen LogP contribution in [0.25, 0.3) is 106 Å². The maximum absolute atomic E-state index is 7.17. The van der Waals surface area contributed by atoms with Gasteiger partial charge in [-0.3, -0.25) is 4.57 Å². The van der Waals surface area contributed by atoms with Gasteiger partial charge in [-0.25, -0.2) is 0 Å². The summed E-state index contributed by atoms with van der Waals surface area (Å²) in [7, 11) is 0. The molecule has 13 aromatic carbocycles.